The van der Waals surface area contributed by atoms with Gasteiger partial charge in [0, 0.05) is 16.6 Å². The molecule has 28 heavy (non-hydrogen) atoms. The van der Waals surface area contributed by atoms with Crippen LogP contribution in [0.15, 0.2) is 33.7 Å². The first-order valence-corrected chi connectivity index (χ1v) is 10.0. The second kappa shape index (κ2) is 7.92. The van der Waals surface area contributed by atoms with Gasteiger partial charge in [-0.25, -0.2) is 9.78 Å². The minimum absolute atomic E-state index is 0.203. The van der Waals surface area contributed by atoms with Gasteiger partial charge in [0.25, 0.3) is 0 Å². The molecule has 1 aliphatic carbocycles. The molecule has 0 saturated heterocycles. The van der Waals surface area contributed by atoms with Crippen LogP contribution in [0, 0.1) is 5.92 Å². The number of aliphatic hydroxyl groups is 1. The number of anilines is 1. The van der Waals surface area contributed by atoms with Gasteiger partial charge in [0.2, 0.25) is 5.95 Å². The number of aromatic nitrogens is 4. The molecule has 1 fully saturated rings. The number of nitrogens with one attached hydrogen (secondary N) is 2. The summed E-state index contributed by atoms with van der Waals surface area (Å²) in [7, 11) is 1.61. The molecule has 0 spiro atoms. The molecule has 4 rings (SSSR count). The topological polar surface area (TPSA) is 105 Å². The first kappa shape index (κ1) is 18.9. The lowest BCUT2D eigenvalue weighted by Gasteiger charge is -2.11. The first-order chi connectivity index (χ1) is 13.5. The van der Waals surface area contributed by atoms with Crippen molar-refractivity contribution < 1.29 is 9.84 Å². The number of aromatic amines is 1. The number of rotatable bonds is 6. The Morgan fingerprint density at radius 1 is 1.43 bits per heavy atom. The molecule has 0 radical (unpaired) electrons. The van der Waals surface area contributed by atoms with Crippen molar-refractivity contribution >= 4 is 33.0 Å². The van der Waals surface area contributed by atoms with Crippen LogP contribution in [0.1, 0.15) is 24.8 Å². The SMILES string of the molecule is COc1ccc(Br)cc1Cn1c(=O)[nH]c2cnc(NC[C@H]3CC[C@@H](O)C3)nc21. The molecule has 3 aromatic rings. The zero-order valence-corrected chi connectivity index (χ0v) is 17.1. The van der Waals surface area contributed by atoms with Gasteiger partial charge in [-0.1, -0.05) is 15.9 Å². The van der Waals surface area contributed by atoms with E-state index in [1.807, 2.05) is 18.2 Å². The van der Waals surface area contributed by atoms with Crippen molar-refractivity contribution in [2.24, 2.45) is 5.92 Å². The number of fused-ring (bicyclic) bond motifs is 1. The number of halogens is 1. The Morgan fingerprint density at radius 2 is 2.29 bits per heavy atom. The van der Waals surface area contributed by atoms with E-state index in [1.54, 1.807) is 17.9 Å². The van der Waals surface area contributed by atoms with Gasteiger partial charge in [0.1, 0.15) is 11.3 Å². The van der Waals surface area contributed by atoms with E-state index in [1.165, 1.54) is 0 Å². The molecule has 1 saturated carbocycles. The van der Waals surface area contributed by atoms with Crippen LogP contribution in [0.4, 0.5) is 5.95 Å². The second-order valence-corrected chi connectivity index (χ2v) is 8.03. The zero-order chi connectivity index (χ0) is 19.7. The normalized spacial score (nSPS) is 19.2. The van der Waals surface area contributed by atoms with Gasteiger partial charge in [-0.05, 0) is 43.4 Å². The molecular formula is C19H22BrN5O3. The molecule has 3 N–H and O–H groups in total. The maximum absolute atomic E-state index is 12.5. The van der Waals surface area contributed by atoms with Crippen LogP contribution < -0.4 is 15.7 Å². The van der Waals surface area contributed by atoms with Crippen LogP contribution in [0.5, 0.6) is 5.75 Å². The molecular weight excluding hydrogens is 426 g/mol. The molecule has 9 heteroatoms. The molecule has 0 amide bonds. The number of aliphatic hydroxyl groups excluding tert-OH is 1. The highest BCUT2D eigenvalue weighted by Gasteiger charge is 2.22. The van der Waals surface area contributed by atoms with Gasteiger partial charge in [-0.3, -0.25) is 4.57 Å². The van der Waals surface area contributed by atoms with Crippen LogP contribution in [0.3, 0.4) is 0 Å². The Morgan fingerprint density at radius 3 is 3.04 bits per heavy atom. The van der Waals surface area contributed by atoms with E-state index in [2.05, 4.69) is 36.2 Å². The van der Waals surface area contributed by atoms with Crippen molar-refractivity contribution in [1.29, 1.82) is 0 Å². The highest BCUT2D eigenvalue weighted by Crippen LogP contribution is 2.26. The van der Waals surface area contributed by atoms with Crippen molar-refractivity contribution in [1.82, 2.24) is 19.5 Å². The second-order valence-electron chi connectivity index (χ2n) is 7.12. The predicted octanol–water partition coefficient (Wildman–Crippen LogP) is 2.51. The van der Waals surface area contributed by atoms with E-state index in [9.17, 15) is 9.90 Å². The number of imidazole rings is 1. The zero-order valence-electron chi connectivity index (χ0n) is 15.5. The number of ether oxygens (including phenoxy) is 1. The fourth-order valence-corrected chi connectivity index (χ4v) is 4.10. The molecule has 2 aromatic heterocycles. The van der Waals surface area contributed by atoms with Crippen LogP contribution in [-0.2, 0) is 6.54 Å². The van der Waals surface area contributed by atoms with Crippen LogP contribution in [0.25, 0.3) is 11.2 Å². The monoisotopic (exact) mass is 447 g/mol. The van der Waals surface area contributed by atoms with E-state index in [0.717, 1.165) is 29.3 Å². The molecule has 0 bridgehead atoms. The Kier molecular flexibility index (Phi) is 5.36. The fraction of sp³-hybridized carbons (Fsp3) is 0.421. The Hall–Kier alpha value is -2.39. The minimum atomic E-state index is -0.248. The van der Waals surface area contributed by atoms with Crippen LogP contribution in [0.2, 0.25) is 0 Å². The lowest BCUT2D eigenvalue weighted by Crippen LogP contribution is -2.18. The quantitative estimate of drug-likeness (QED) is 0.536. The van der Waals surface area contributed by atoms with Gasteiger partial charge < -0.3 is 20.1 Å². The number of hydrogen-bond donors (Lipinski definition) is 3. The van der Waals surface area contributed by atoms with Crippen molar-refractivity contribution in [2.45, 2.75) is 31.9 Å². The van der Waals surface area contributed by atoms with E-state index >= 15 is 0 Å². The molecule has 8 nitrogen and oxygen atoms in total. The van der Waals surface area contributed by atoms with Gasteiger partial charge in [0.05, 0.1) is 26.0 Å². The molecule has 1 aromatic carbocycles. The lowest BCUT2D eigenvalue weighted by molar-refractivity contribution is 0.178. The summed E-state index contributed by atoms with van der Waals surface area (Å²) in [5.41, 5.74) is 1.74. The summed E-state index contributed by atoms with van der Waals surface area (Å²) in [5, 5.41) is 12.9. The molecule has 0 aliphatic heterocycles. The summed E-state index contributed by atoms with van der Waals surface area (Å²) in [6.07, 6.45) is 4.05. The van der Waals surface area contributed by atoms with Crippen molar-refractivity contribution in [3.8, 4) is 5.75 Å². The smallest absolute Gasteiger partial charge is 0.328 e. The highest BCUT2D eigenvalue weighted by atomic mass is 79.9. The molecule has 2 atom stereocenters. The maximum Gasteiger partial charge on any atom is 0.328 e. The summed E-state index contributed by atoms with van der Waals surface area (Å²) < 4.78 is 7.90. The summed E-state index contributed by atoms with van der Waals surface area (Å²) >= 11 is 3.46. The lowest BCUT2D eigenvalue weighted by atomic mass is 10.1. The predicted molar refractivity (Wildman–Crippen MR) is 110 cm³/mol. The third-order valence-corrected chi connectivity index (χ3v) is 5.64. The summed E-state index contributed by atoms with van der Waals surface area (Å²) in [5.74, 6) is 1.59. The Balaban J connectivity index is 1.60. The average Bonchev–Trinajstić information content (AvgIpc) is 3.23. The summed E-state index contributed by atoms with van der Waals surface area (Å²) in [6.45, 7) is 1.03. The Labute approximate surface area is 170 Å². The number of H-pyrrole nitrogens is 1. The van der Waals surface area contributed by atoms with E-state index < -0.39 is 0 Å². The van der Waals surface area contributed by atoms with E-state index in [4.69, 9.17) is 4.74 Å². The molecule has 2 heterocycles. The maximum atomic E-state index is 12.5. The van der Waals surface area contributed by atoms with Crippen molar-refractivity contribution in [3.63, 3.8) is 0 Å². The summed E-state index contributed by atoms with van der Waals surface area (Å²) in [4.78, 5) is 24.1. The first-order valence-electron chi connectivity index (χ1n) is 9.23. The van der Waals surface area contributed by atoms with Crippen molar-refractivity contribution in [3.05, 3.63) is 44.9 Å². The van der Waals surface area contributed by atoms with Crippen LogP contribution >= 0.6 is 15.9 Å². The third kappa shape index (κ3) is 3.90. The van der Waals surface area contributed by atoms with E-state index in [-0.39, 0.29) is 11.8 Å². The van der Waals surface area contributed by atoms with Gasteiger partial charge in [0.15, 0.2) is 5.65 Å². The minimum Gasteiger partial charge on any atom is -0.496 e. The molecule has 148 valence electrons. The highest BCUT2D eigenvalue weighted by molar-refractivity contribution is 9.10. The standard InChI is InChI=1S/C19H22BrN5O3/c1-28-16-5-3-13(20)7-12(16)10-25-17-15(23-19(25)27)9-22-18(24-17)21-8-11-2-4-14(26)6-11/h3,5,7,9,11,14,26H,2,4,6,8,10H2,1H3,(H,23,27)(H,21,22,24)/t11-,14+/m0/s1. The van der Waals surface area contributed by atoms with E-state index in [0.29, 0.717) is 41.9 Å². The molecule has 0 unspecified atom stereocenters. The number of hydrogen-bond acceptors (Lipinski definition) is 6. The van der Waals surface area contributed by atoms with Gasteiger partial charge in [-0.2, -0.15) is 4.98 Å². The number of benzene rings is 1. The van der Waals surface area contributed by atoms with Gasteiger partial charge in [-0.15, -0.1) is 0 Å². The van der Waals surface area contributed by atoms with Crippen LogP contribution in [-0.4, -0.2) is 44.4 Å². The largest absolute Gasteiger partial charge is 0.496 e. The number of methoxy groups -OCH3 is 1. The summed E-state index contributed by atoms with van der Waals surface area (Å²) in [6, 6.07) is 5.68. The average molecular weight is 448 g/mol. The van der Waals surface area contributed by atoms with Crippen molar-refractivity contribution in [2.75, 3.05) is 19.0 Å². The van der Waals surface area contributed by atoms with Gasteiger partial charge >= 0.3 is 5.69 Å². The molecule has 1 aliphatic rings. The fourth-order valence-electron chi connectivity index (χ4n) is 3.69. The third-order valence-electron chi connectivity index (χ3n) is 5.14. The number of nitrogens with zero attached hydrogens (tertiary/aromatic N) is 3. The Bertz CT molecular complexity index is 1050.